The first-order valence-electron chi connectivity index (χ1n) is 3.96. The zero-order valence-electron chi connectivity index (χ0n) is 6.90. The van der Waals surface area contributed by atoms with Crippen LogP contribution in [0.15, 0.2) is 43.2 Å². The summed E-state index contributed by atoms with van der Waals surface area (Å²) in [7, 11) is 0. The van der Waals surface area contributed by atoms with Gasteiger partial charge < -0.3 is 0 Å². The fourth-order valence-corrected chi connectivity index (χ4v) is 1.13. The van der Waals surface area contributed by atoms with Gasteiger partial charge in [0.05, 0.1) is 0 Å². The highest BCUT2D eigenvalue weighted by molar-refractivity contribution is 4.85. The minimum Gasteiger partial charge on any atom is -0.199 e. The summed E-state index contributed by atoms with van der Waals surface area (Å²) in [5.74, 6) is 0. The summed E-state index contributed by atoms with van der Waals surface area (Å²) in [6, 6.07) is 6.53. The second kappa shape index (κ2) is 3.91. The summed E-state index contributed by atoms with van der Waals surface area (Å²) in [5, 5.41) is 0. The second-order valence-electron chi connectivity index (χ2n) is 2.53. The molecule has 0 amide bonds. The third-order valence-corrected chi connectivity index (χ3v) is 1.81. The number of rotatable bonds is 3. The normalized spacial score (nSPS) is 12.5. The molecule has 1 rings (SSSR count). The van der Waals surface area contributed by atoms with Crippen LogP contribution in [0, 0.1) is 0 Å². The molecule has 1 unspecified atom stereocenters. The molecule has 0 aliphatic rings. The Hall–Kier alpha value is -1.11. The SMILES string of the molecule is C=CC(CC)[n+]1ccccc1. The lowest BCUT2D eigenvalue weighted by Gasteiger charge is -2.02. The molecule has 1 aromatic heterocycles. The van der Waals surface area contributed by atoms with Gasteiger partial charge in [0.25, 0.3) is 0 Å². The van der Waals surface area contributed by atoms with Gasteiger partial charge in [0.15, 0.2) is 18.4 Å². The number of pyridine rings is 1. The highest BCUT2D eigenvalue weighted by atomic mass is 15.0. The Bertz CT molecular complexity index is 216. The molecule has 1 heteroatoms. The van der Waals surface area contributed by atoms with Crippen LogP contribution in [0.5, 0.6) is 0 Å². The Labute approximate surface area is 68.0 Å². The molecule has 0 aliphatic carbocycles. The molecular weight excluding hydrogens is 134 g/mol. The molecular formula is C10H14N+. The second-order valence-corrected chi connectivity index (χ2v) is 2.53. The van der Waals surface area contributed by atoms with Gasteiger partial charge >= 0.3 is 0 Å². The number of nitrogens with zero attached hydrogens (tertiary/aromatic N) is 1. The zero-order chi connectivity index (χ0) is 8.10. The Morgan fingerprint density at radius 3 is 2.45 bits per heavy atom. The van der Waals surface area contributed by atoms with Crippen LogP contribution in [0.2, 0.25) is 0 Å². The predicted octanol–water partition coefficient (Wildman–Crippen LogP) is 2.11. The van der Waals surface area contributed by atoms with E-state index in [1.807, 2.05) is 24.3 Å². The van der Waals surface area contributed by atoms with Crippen molar-refractivity contribution in [1.82, 2.24) is 0 Å². The van der Waals surface area contributed by atoms with Crippen LogP contribution in [-0.2, 0) is 0 Å². The maximum absolute atomic E-state index is 3.79. The molecule has 0 radical (unpaired) electrons. The van der Waals surface area contributed by atoms with Crippen molar-refractivity contribution in [2.24, 2.45) is 0 Å². The van der Waals surface area contributed by atoms with Crippen LogP contribution < -0.4 is 4.57 Å². The maximum Gasteiger partial charge on any atom is 0.176 e. The first kappa shape index (κ1) is 7.99. The Morgan fingerprint density at radius 1 is 1.36 bits per heavy atom. The summed E-state index contributed by atoms with van der Waals surface area (Å²) < 4.78 is 2.16. The van der Waals surface area contributed by atoms with Crippen LogP contribution in [0.3, 0.4) is 0 Å². The van der Waals surface area contributed by atoms with Crippen molar-refractivity contribution in [3.8, 4) is 0 Å². The Morgan fingerprint density at radius 2 is 2.00 bits per heavy atom. The Kier molecular flexibility index (Phi) is 2.84. The van der Waals surface area contributed by atoms with Crippen LogP contribution in [0.1, 0.15) is 19.4 Å². The molecule has 1 nitrogen and oxygen atoms in total. The third kappa shape index (κ3) is 1.90. The van der Waals surface area contributed by atoms with Gasteiger partial charge in [-0.3, -0.25) is 0 Å². The van der Waals surface area contributed by atoms with Gasteiger partial charge in [-0.05, 0) is 6.08 Å². The summed E-state index contributed by atoms with van der Waals surface area (Å²) in [6.45, 7) is 5.95. The van der Waals surface area contributed by atoms with Crippen LogP contribution in [-0.4, -0.2) is 0 Å². The summed E-state index contributed by atoms with van der Waals surface area (Å²) in [5.41, 5.74) is 0. The lowest BCUT2D eigenvalue weighted by Crippen LogP contribution is -2.36. The fraction of sp³-hybridized carbons (Fsp3) is 0.300. The molecule has 0 N–H and O–H groups in total. The van der Waals surface area contributed by atoms with Gasteiger partial charge in [-0.2, -0.15) is 4.57 Å². The van der Waals surface area contributed by atoms with Crippen molar-refractivity contribution in [2.45, 2.75) is 19.4 Å². The van der Waals surface area contributed by atoms with E-state index < -0.39 is 0 Å². The molecule has 0 aliphatic heterocycles. The molecule has 0 saturated carbocycles. The molecule has 0 aromatic carbocycles. The van der Waals surface area contributed by atoms with E-state index in [0.717, 1.165) is 6.42 Å². The third-order valence-electron chi connectivity index (χ3n) is 1.81. The molecule has 0 saturated heterocycles. The maximum atomic E-state index is 3.79. The van der Waals surface area contributed by atoms with Crippen molar-refractivity contribution in [2.75, 3.05) is 0 Å². The number of aromatic nitrogens is 1. The van der Waals surface area contributed by atoms with E-state index in [2.05, 4.69) is 30.5 Å². The topological polar surface area (TPSA) is 3.88 Å². The van der Waals surface area contributed by atoms with E-state index in [0.29, 0.717) is 6.04 Å². The molecule has 0 bridgehead atoms. The number of hydrogen-bond acceptors (Lipinski definition) is 0. The van der Waals surface area contributed by atoms with Crippen molar-refractivity contribution < 1.29 is 4.57 Å². The van der Waals surface area contributed by atoms with Crippen molar-refractivity contribution in [1.29, 1.82) is 0 Å². The highest BCUT2D eigenvalue weighted by Gasteiger charge is 2.08. The molecule has 0 spiro atoms. The minimum absolute atomic E-state index is 0.441. The van der Waals surface area contributed by atoms with Gasteiger partial charge in [0.2, 0.25) is 0 Å². The molecule has 1 aromatic rings. The first-order valence-corrected chi connectivity index (χ1v) is 3.96. The van der Waals surface area contributed by atoms with Crippen LogP contribution in [0.25, 0.3) is 0 Å². The number of hydrogen-bond donors (Lipinski definition) is 0. The van der Waals surface area contributed by atoms with Crippen molar-refractivity contribution >= 4 is 0 Å². The quantitative estimate of drug-likeness (QED) is 0.456. The lowest BCUT2D eigenvalue weighted by atomic mass is 10.2. The predicted molar refractivity (Wildman–Crippen MR) is 46.2 cm³/mol. The molecule has 0 fully saturated rings. The van der Waals surface area contributed by atoms with E-state index in [4.69, 9.17) is 0 Å². The standard InChI is InChI=1S/C10H14N/c1-3-10(4-2)11-8-6-5-7-9-11/h3,5-10H,1,4H2,2H3/q+1. The summed E-state index contributed by atoms with van der Waals surface area (Å²) in [4.78, 5) is 0. The molecule has 1 atom stereocenters. The largest absolute Gasteiger partial charge is 0.199 e. The van der Waals surface area contributed by atoms with E-state index in [1.165, 1.54) is 0 Å². The molecule has 11 heavy (non-hydrogen) atoms. The molecule has 58 valence electrons. The monoisotopic (exact) mass is 148 g/mol. The van der Waals surface area contributed by atoms with E-state index in [9.17, 15) is 0 Å². The van der Waals surface area contributed by atoms with E-state index in [1.54, 1.807) is 0 Å². The first-order chi connectivity index (χ1) is 5.38. The van der Waals surface area contributed by atoms with Gasteiger partial charge in [0.1, 0.15) is 0 Å². The zero-order valence-corrected chi connectivity index (χ0v) is 6.90. The average molecular weight is 148 g/mol. The number of allylic oxidation sites excluding steroid dienone is 1. The summed E-state index contributed by atoms with van der Waals surface area (Å²) >= 11 is 0. The van der Waals surface area contributed by atoms with E-state index in [-0.39, 0.29) is 0 Å². The average Bonchev–Trinajstić information content (AvgIpc) is 2.09. The van der Waals surface area contributed by atoms with Gasteiger partial charge in [-0.15, -0.1) is 0 Å². The van der Waals surface area contributed by atoms with Crippen molar-refractivity contribution in [3.05, 3.63) is 43.2 Å². The fourth-order valence-electron chi connectivity index (χ4n) is 1.13. The van der Waals surface area contributed by atoms with Gasteiger partial charge in [0, 0.05) is 18.6 Å². The van der Waals surface area contributed by atoms with Crippen LogP contribution in [0.4, 0.5) is 0 Å². The Balaban J connectivity index is 2.82. The molecule has 1 heterocycles. The highest BCUT2D eigenvalue weighted by Crippen LogP contribution is 2.01. The summed E-state index contributed by atoms with van der Waals surface area (Å²) in [6.07, 6.45) is 7.20. The minimum atomic E-state index is 0.441. The van der Waals surface area contributed by atoms with Crippen LogP contribution >= 0.6 is 0 Å². The lowest BCUT2D eigenvalue weighted by molar-refractivity contribution is -0.712. The van der Waals surface area contributed by atoms with Gasteiger partial charge in [-0.1, -0.05) is 19.6 Å². The van der Waals surface area contributed by atoms with Crippen molar-refractivity contribution in [3.63, 3.8) is 0 Å². The van der Waals surface area contributed by atoms with Gasteiger partial charge in [-0.25, -0.2) is 0 Å². The van der Waals surface area contributed by atoms with E-state index >= 15 is 0 Å². The smallest absolute Gasteiger partial charge is 0.176 e.